The summed E-state index contributed by atoms with van der Waals surface area (Å²) in [7, 11) is -3.54. The average molecular weight is 410 g/mol. The number of rotatable bonds is 9. The molecule has 27 heavy (non-hydrogen) atoms. The maximum Gasteiger partial charge on any atom is 0.241 e. The summed E-state index contributed by atoms with van der Waals surface area (Å²) in [6.45, 7) is 8.91. The predicted molar refractivity (Wildman–Crippen MR) is 110 cm³/mol. The summed E-state index contributed by atoms with van der Waals surface area (Å²) in [5.74, 6) is -0.121. The van der Waals surface area contributed by atoms with Gasteiger partial charge in [0.2, 0.25) is 15.9 Å². The van der Waals surface area contributed by atoms with E-state index in [1.807, 2.05) is 25.3 Å². The highest BCUT2D eigenvalue weighted by atomic mass is 32.2. The molecule has 148 valence electrons. The van der Waals surface area contributed by atoms with Crippen molar-refractivity contribution in [1.82, 2.24) is 9.62 Å². The van der Waals surface area contributed by atoms with Crippen molar-refractivity contribution >= 4 is 33.0 Å². The number of amides is 1. The van der Waals surface area contributed by atoms with Crippen molar-refractivity contribution in [3.63, 3.8) is 0 Å². The number of thiophene rings is 1. The van der Waals surface area contributed by atoms with Gasteiger partial charge in [0.15, 0.2) is 0 Å². The lowest BCUT2D eigenvalue weighted by Gasteiger charge is -2.26. The predicted octanol–water partition coefficient (Wildman–Crippen LogP) is 3.28. The molecule has 0 radical (unpaired) electrons. The molecule has 0 aliphatic heterocycles. The van der Waals surface area contributed by atoms with Crippen LogP contribution in [0.1, 0.15) is 32.6 Å². The van der Waals surface area contributed by atoms with E-state index in [1.165, 1.54) is 17.0 Å². The van der Waals surface area contributed by atoms with Gasteiger partial charge in [0, 0.05) is 23.2 Å². The molecule has 1 aromatic carbocycles. The molecule has 1 unspecified atom stereocenters. The second-order valence-electron chi connectivity index (χ2n) is 6.61. The van der Waals surface area contributed by atoms with E-state index in [0.717, 1.165) is 13.1 Å². The molecule has 0 fully saturated rings. The first-order chi connectivity index (χ1) is 12.7. The van der Waals surface area contributed by atoms with E-state index in [1.54, 1.807) is 37.3 Å². The third-order valence-corrected chi connectivity index (χ3v) is 6.63. The van der Waals surface area contributed by atoms with Gasteiger partial charge in [-0.15, -0.1) is 11.3 Å². The van der Waals surface area contributed by atoms with Gasteiger partial charge in [-0.3, -0.25) is 9.69 Å². The fourth-order valence-electron chi connectivity index (χ4n) is 2.63. The molecule has 2 aromatic rings. The first kappa shape index (κ1) is 21.6. The summed E-state index contributed by atoms with van der Waals surface area (Å²) in [6.07, 6.45) is 0. The number of carbonyl (C=O) groups excluding carboxylic acids is 1. The minimum Gasteiger partial charge on any atom is -0.325 e. The molecule has 0 saturated carbocycles. The molecule has 0 aliphatic rings. The Kier molecular flexibility index (Phi) is 7.55. The van der Waals surface area contributed by atoms with E-state index in [4.69, 9.17) is 0 Å². The number of anilines is 1. The van der Waals surface area contributed by atoms with Crippen LogP contribution in [0.4, 0.5) is 5.69 Å². The van der Waals surface area contributed by atoms with Crippen LogP contribution in [0.15, 0.2) is 46.7 Å². The van der Waals surface area contributed by atoms with Crippen molar-refractivity contribution in [3.8, 4) is 0 Å². The molecule has 2 N–H and O–H groups in total. The van der Waals surface area contributed by atoms with Gasteiger partial charge in [0.05, 0.1) is 10.9 Å². The van der Waals surface area contributed by atoms with E-state index < -0.39 is 10.0 Å². The number of hydrogen-bond donors (Lipinski definition) is 2. The largest absolute Gasteiger partial charge is 0.325 e. The standard InChI is InChI=1S/C19H27N3O3S2/c1-5-22(13-17-7-6-12-26-17)15(4)19(23)20-16-8-10-18(11-9-16)27(24,25)21-14(2)3/h6-12,14-15,21H,5,13H2,1-4H3,(H,20,23). The molecule has 1 aromatic heterocycles. The zero-order chi connectivity index (χ0) is 20.0. The number of sulfonamides is 1. The molecule has 2 rings (SSSR count). The molecule has 0 spiro atoms. The highest BCUT2D eigenvalue weighted by Crippen LogP contribution is 2.17. The highest BCUT2D eigenvalue weighted by Gasteiger charge is 2.21. The molecule has 0 bridgehead atoms. The van der Waals surface area contributed by atoms with Gasteiger partial charge < -0.3 is 5.32 Å². The van der Waals surface area contributed by atoms with E-state index in [0.29, 0.717) is 5.69 Å². The maximum absolute atomic E-state index is 12.6. The van der Waals surface area contributed by atoms with Crippen LogP contribution < -0.4 is 10.0 Å². The Hall–Kier alpha value is -1.74. The second kappa shape index (κ2) is 9.45. The maximum atomic E-state index is 12.6. The molecular formula is C19H27N3O3S2. The zero-order valence-electron chi connectivity index (χ0n) is 16.1. The Morgan fingerprint density at radius 2 is 1.81 bits per heavy atom. The Bertz CT molecular complexity index is 832. The zero-order valence-corrected chi connectivity index (χ0v) is 17.7. The van der Waals surface area contributed by atoms with Crippen LogP contribution in [0.2, 0.25) is 0 Å². The number of carbonyl (C=O) groups is 1. The molecule has 0 saturated heterocycles. The van der Waals surface area contributed by atoms with Gasteiger partial charge in [-0.05, 0) is 63.0 Å². The molecule has 6 nitrogen and oxygen atoms in total. The topological polar surface area (TPSA) is 78.5 Å². The Balaban J connectivity index is 2.02. The number of nitrogens with zero attached hydrogens (tertiary/aromatic N) is 1. The normalized spacial score (nSPS) is 13.1. The minimum atomic E-state index is -3.54. The van der Waals surface area contributed by atoms with Crippen LogP contribution in [-0.4, -0.2) is 37.9 Å². The molecule has 1 amide bonds. The quantitative estimate of drug-likeness (QED) is 0.666. The van der Waals surface area contributed by atoms with Crippen molar-refractivity contribution in [3.05, 3.63) is 46.7 Å². The van der Waals surface area contributed by atoms with E-state index >= 15 is 0 Å². The SMILES string of the molecule is CCN(Cc1cccs1)C(C)C(=O)Nc1ccc(S(=O)(=O)NC(C)C)cc1. The molecule has 1 atom stereocenters. The van der Waals surface area contributed by atoms with Crippen molar-refractivity contribution in [2.45, 2.75) is 51.2 Å². The Morgan fingerprint density at radius 3 is 2.33 bits per heavy atom. The number of likely N-dealkylation sites (N-methyl/N-ethyl adjacent to an activating group) is 1. The lowest BCUT2D eigenvalue weighted by molar-refractivity contribution is -0.120. The fourth-order valence-corrected chi connectivity index (χ4v) is 4.61. The number of benzene rings is 1. The first-order valence-electron chi connectivity index (χ1n) is 8.92. The minimum absolute atomic E-state index is 0.121. The number of nitrogens with one attached hydrogen (secondary N) is 2. The van der Waals surface area contributed by atoms with E-state index in [2.05, 4.69) is 21.0 Å². The third kappa shape index (κ3) is 6.14. The van der Waals surface area contributed by atoms with Crippen LogP contribution in [0.5, 0.6) is 0 Å². The monoisotopic (exact) mass is 409 g/mol. The van der Waals surface area contributed by atoms with Crippen molar-refractivity contribution in [2.75, 3.05) is 11.9 Å². The van der Waals surface area contributed by atoms with Gasteiger partial charge in [0.25, 0.3) is 0 Å². The lowest BCUT2D eigenvalue weighted by Crippen LogP contribution is -2.41. The summed E-state index contributed by atoms with van der Waals surface area (Å²) in [4.78, 5) is 16.1. The van der Waals surface area contributed by atoms with Crippen LogP contribution in [0, 0.1) is 0 Å². The van der Waals surface area contributed by atoms with Crippen LogP contribution in [-0.2, 0) is 21.4 Å². The van der Waals surface area contributed by atoms with Crippen LogP contribution in [0.3, 0.4) is 0 Å². The van der Waals surface area contributed by atoms with Crippen molar-refractivity contribution < 1.29 is 13.2 Å². The van der Waals surface area contributed by atoms with Gasteiger partial charge in [-0.1, -0.05) is 13.0 Å². The summed E-state index contributed by atoms with van der Waals surface area (Å²) in [5.41, 5.74) is 0.572. The van der Waals surface area contributed by atoms with Crippen molar-refractivity contribution in [1.29, 1.82) is 0 Å². The van der Waals surface area contributed by atoms with Gasteiger partial charge in [-0.2, -0.15) is 0 Å². The summed E-state index contributed by atoms with van der Waals surface area (Å²) < 4.78 is 26.9. The molecule has 1 heterocycles. The van der Waals surface area contributed by atoms with Crippen LogP contribution >= 0.6 is 11.3 Å². The number of hydrogen-bond acceptors (Lipinski definition) is 5. The summed E-state index contributed by atoms with van der Waals surface area (Å²) in [6, 6.07) is 9.78. The van der Waals surface area contributed by atoms with E-state index in [-0.39, 0.29) is 22.9 Å². The fraction of sp³-hybridized carbons (Fsp3) is 0.421. The Labute approximate surface area is 165 Å². The molecule has 0 aliphatic carbocycles. The summed E-state index contributed by atoms with van der Waals surface area (Å²) in [5, 5.41) is 4.89. The van der Waals surface area contributed by atoms with E-state index in [9.17, 15) is 13.2 Å². The smallest absolute Gasteiger partial charge is 0.241 e. The second-order valence-corrected chi connectivity index (χ2v) is 9.35. The molecule has 8 heteroatoms. The van der Waals surface area contributed by atoms with Gasteiger partial charge >= 0.3 is 0 Å². The molecular weight excluding hydrogens is 382 g/mol. The lowest BCUT2D eigenvalue weighted by atomic mass is 10.2. The van der Waals surface area contributed by atoms with Gasteiger partial charge in [0.1, 0.15) is 0 Å². The Morgan fingerprint density at radius 1 is 1.15 bits per heavy atom. The van der Waals surface area contributed by atoms with Crippen molar-refractivity contribution in [2.24, 2.45) is 0 Å². The average Bonchev–Trinajstić information content (AvgIpc) is 3.11. The third-order valence-electron chi connectivity index (χ3n) is 4.10. The summed E-state index contributed by atoms with van der Waals surface area (Å²) >= 11 is 1.67. The van der Waals surface area contributed by atoms with Crippen LogP contribution in [0.25, 0.3) is 0 Å². The van der Waals surface area contributed by atoms with Gasteiger partial charge in [-0.25, -0.2) is 13.1 Å². The first-order valence-corrected chi connectivity index (χ1v) is 11.3. The highest BCUT2D eigenvalue weighted by molar-refractivity contribution is 7.89.